The number of rotatable bonds is 6. The molecule has 0 radical (unpaired) electrons. The Morgan fingerprint density at radius 3 is 0.968 bits per heavy atom. The van der Waals surface area contributed by atoms with E-state index in [0.29, 0.717) is 34.3 Å². The maximum atomic E-state index is 5.55. The molecule has 2 unspecified atom stereocenters. The first kappa shape index (κ1) is 37.0. The van der Waals surface area contributed by atoms with Crippen LogP contribution in [0.2, 0.25) is 0 Å². The van der Waals surface area contributed by atoms with Crippen molar-refractivity contribution in [3.8, 4) is 22.3 Å². The molecule has 11 heteroatoms. The Bertz CT molecular complexity index is 3160. The fourth-order valence-electron chi connectivity index (χ4n) is 8.69. The van der Waals surface area contributed by atoms with E-state index >= 15 is 0 Å². The van der Waals surface area contributed by atoms with Crippen LogP contribution in [0, 0.1) is 0 Å². The first-order chi connectivity index (χ1) is 31.2. The van der Waals surface area contributed by atoms with Gasteiger partial charge in [-0.3, -0.25) is 0 Å². The molecule has 0 saturated heterocycles. The molecular formula is C52H34N10Se. The number of benzene rings is 6. The first-order valence-electron chi connectivity index (χ1n) is 20.7. The van der Waals surface area contributed by atoms with Crippen LogP contribution in [0.4, 0.5) is 0 Å². The van der Waals surface area contributed by atoms with Crippen molar-refractivity contribution >= 4 is 60.6 Å². The van der Waals surface area contributed by atoms with Gasteiger partial charge in [0, 0.05) is 0 Å². The van der Waals surface area contributed by atoms with Gasteiger partial charge < -0.3 is 0 Å². The molecule has 298 valence electrons. The summed E-state index contributed by atoms with van der Waals surface area (Å²) in [5.41, 5.74) is 13.8. The second-order valence-corrected chi connectivity index (χ2v) is 16.4. The van der Waals surface area contributed by atoms with Crippen molar-refractivity contribution in [2.75, 3.05) is 0 Å². The Labute approximate surface area is 368 Å². The zero-order valence-electron chi connectivity index (χ0n) is 33.5. The molecule has 4 aliphatic heterocycles. The molecule has 6 heterocycles. The fraction of sp³-hybridized carbons (Fsp3) is 0.0385. The van der Waals surface area contributed by atoms with Crippen molar-refractivity contribution in [2.24, 2.45) is 30.0 Å². The normalized spacial score (nSPS) is 19.3. The number of aromatic amines is 1. The predicted octanol–water partition coefficient (Wildman–Crippen LogP) is 8.59. The summed E-state index contributed by atoms with van der Waals surface area (Å²) in [7, 11) is 0. The molecule has 0 fully saturated rings. The van der Waals surface area contributed by atoms with Gasteiger partial charge in [-0.15, -0.1) is 0 Å². The zero-order chi connectivity index (χ0) is 41.7. The van der Waals surface area contributed by atoms with E-state index in [0.717, 1.165) is 78.2 Å². The molecule has 10 nitrogen and oxygen atoms in total. The molecule has 2 N–H and O–H groups in total. The average molecular weight is 878 g/mol. The van der Waals surface area contributed by atoms with E-state index in [-0.39, 0.29) is 15.0 Å². The number of nitrogens with zero attached hydrogens (tertiary/aromatic N) is 8. The summed E-state index contributed by atoms with van der Waals surface area (Å²) < 4.78 is 9.86. The summed E-state index contributed by atoms with van der Waals surface area (Å²) in [4.78, 5) is 36.4. The zero-order valence-corrected chi connectivity index (χ0v) is 35.2. The Morgan fingerprint density at radius 1 is 0.333 bits per heavy atom. The van der Waals surface area contributed by atoms with Crippen molar-refractivity contribution in [3.63, 3.8) is 0 Å². The summed E-state index contributed by atoms with van der Waals surface area (Å²) in [6.07, 6.45) is -1.14. The second-order valence-electron chi connectivity index (χ2n) is 15.3. The molecule has 63 heavy (non-hydrogen) atoms. The van der Waals surface area contributed by atoms with E-state index in [2.05, 4.69) is 83.1 Å². The molecule has 0 spiro atoms. The van der Waals surface area contributed by atoms with E-state index in [1.807, 2.05) is 109 Å². The molecule has 12 rings (SSSR count). The number of amidine groups is 4. The number of hydrogen-bond donors (Lipinski definition) is 2. The van der Waals surface area contributed by atoms with E-state index < -0.39 is 12.3 Å². The van der Waals surface area contributed by atoms with Gasteiger partial charge in [-0.1, -0.05) is 36.4 Å². The van der Waals surface area contributed by atoms with Crippen LogP contribution in [0.25, 0.3) is 44.5 Å². The molecule has 0 aliphatic carbocycles. The van der Waals surface area contributed by atoms with E-state index in [1.54, 1.807) is 0 Å². The molecule has 2 atom stereocenters. The van der Waals surface area contributed by atoms with Crippen molar-refractivity contribution in [3.05, 3.63) is 227 Å². The topological polar surface area (TPSA) is 128 Å². The number of nitrogens with one attached hydrogen (secondary N) is 2. The quantitative estimate of drug-likeness (QED) is 0.163. The van der Waals surface area contributed by atoms with Gasteiger partial charge in [-0.2, -0.15) is 0 Å². The standard InChI is InChI=1S/C52H34N10Se/c1-7-19-31(20-8-1)37-38(32-21-9-2-10-22-32)46-53-45(37)54-47-39(33-23-11-3-12-24-33)41(35-27-15-5-16-28-35)49(56-47)58-51-43-44(62-63-61-43)52(60-51)59-50-42(36-29-17-6-18-30-36)40(48(55-46)57-50)34-25-13-4-14-26-34/h1-30,51-52,60H,(H,53,54,55,56,57,58,59). The van der Waals surface area contributed by atoms with Gasteiger partial charge in [0.2, 0.25) is 0 Å². The number of H-pyrrole nitrogens is 1. The van der Waals surface area contributed by atoms with Gasteiger partial charge in [0.05, 0.1) is 0 Å². The molecule has 8 aromatic rings. The SMILES string of the molecule is c1ccc(C2=C(c3ccccc3)/C3=N/C4NC(/N=C5\N=C(N=c6[nH]c(c(-c7ccccc7)c6-c6ccccc6)=NC2=N3)C(c2ccccc2)=C5c2ccccc2)c2n[se]nc24)cc1. The Morgan fingerprint density at radius 2 is 0.635 bits per heavy atom. The van der Waals surface area contributed by atoms with Crippen LogP contribution in [0.3, 0.4) is 0 Å². The van der Waals surface area contributed by atoms with Crippen molar-refractivity contribution in [1.29, 1.82) is 0 Å². The third-order valence-corrected chi connectivity index (χ3v) is 12.6. The van der Waals surface area contributed by atoms with Crippen LogP contribution < -0.4 is 16.3 Å². The third-order valence-electron chi connectivity index (χ3n) is 11.5. The van der Waals surface area contributed by atoms with Gasteiger partial charge in [-0.25, -0.2) is 0 Å². The molecule has 6 aromatic carbocycles. The van der Waals surface area contributed by atoms with Crippen molar-refractivity contribution in [2.45, 2.75) is 12.3 Å². The summed E-state index contributed by atoms with van der Waals surface area (Å²) >= 11 is -0.338. The second kappa shape index (κ2) is 15.6. The van der Waals surface area contributed by atoms with Crippen LogP contribution in [0.5, 0.6) is 0 Å². The van der Waals surface area contributed by atoms with Crippen molar-refractivity contribution < 1.29 is 0 Å². The molecule has 4 aliphatic rings. The van der Waals surface area contributed by atoms with Gasteiger partial charge in [0.15, 0.2) is 0 Å². The monoisotopic (exact) mass is 878 g/mol. The Kier molecular flexibility index (Phi) is 9.14. The van der Waals surface area contributed by atoms with Gasteiger partial charge in [0.25, 0.3) is 0 Å². The number of fused-ring (bicyclic) bond motifs is 9. The van der Waals surface area contributed by atoms with E-state index in [1.165, 1.54) is 0 Å². The number of hydrogen-bond acceptors (Lipinski definition) is 9. The molecule has 8 bridgehead atoms. The number of aliphatic imine (C=N–C) groups is 4. The van der Waals surface area contributed by atoms with Crippen LogP contribution >= 0.6 is 0 Å². The molecular weight excluding hydrogens is 844 g/mol. The Balaban J connectivity index is 1.24. The number of aromatic nitrogens is 3. The minimum absolute atomic E-state index is 0.338. The molecule has 0 saturated carbocycles. The summed E-state index contributed by atoms with van der Waals surface area (Å²) in [6.45, 7) is 0. The van der Waals surface area contributed by atoms with Gasteiger partial charge >= 0.3 is 334 Å². The fourth-order valence-corrected chi connectivity index (χ4v) is 9.96. The van der Waals surface area contributed by atoms with Gasteiger partial charge in [-0.05, 0) is 0 Å². The summed E-state index contributed by atoms with van der Waals surface area (Å²) in [5.74, 6) is 2.12. The van der Waals surface area contributed by atoms with Crippen LogP contribution in [-0.4, -0.2) is 51.2 Å². The third kappa shape index (κ3) is 6.54. The van der Waals surface area contributed by atoms with E-state index in [4.69, 9.17) is 37.9 Å². The van der Waals surface area contributed by atoms with Crippen molar-refractivity contribution in [1.82, 2.24) is 18.3 Å². The summed E-state index contributed by atoms with van der Waals surface area (Å²) in [5, 5.41) is 3.68. The van der Waals surface area contributed by atoms with Crippen LogP contribution in [0.1, 0.15) is 46.0 Å². The predicted molar refractivity (Wildman–Crippen MR) is 251 cm³/mol. The maximum absolute atomic E-state index is 5.55. The summed E-state index contributed by atoms with van der Waals surface area (Å²) in [6, 6.07) is 61.9. The molecule has 2 aromatic heterocycles. The van der Waals surface area contributed by atoms with E-state index in [9.17, 15) is 0 Å². The van der Waals surface area contributed by atoms with Gasteiger partial charge in [0.1, 0.15) is 0 Å². The van der Waals surface area contributed by atoms with Crippen LogP contribution in [0.15, 0.2) is 212 Å². The minimum atomic E-state index is -0.571. The average Bonchev–Trinajstić information content (AvgIpc) is 4.17. The van der Waals surface area contributed by atoms with Crippen LogP contribution in [-0.2, 0) is 0 Å². The first-order valence-corrected chi connectivity index (χ1v) is 22.2. The Hall–Kier alpha value is -7.82. The molecule has 0 amide bonds.